The SMILES string of the molecule is O=C(/C=C/c1ccc2c(c1)OCO2)N1CCSC(c2ccccc2F)CC1. The van der Waals surface area contributed by atoms with E-state index >= 15 is 0 Å². The summed E-state index contributed by atoms with van der Waals surface area (Å²) in [5, 5.41) is 0.0850. The van der Waals surface area contributed by atoms with Crippen LogP contribution in [-0.4, -0.2) is 36.4 Å². The fourth-order valence-corrected chi connectivity index (χ4v) is 4.52. The van der Waals surface area contributed by atoms with Crippen molar-refractivity contribution in [3.05, 3.63) is 65.5 Å². The molecule has 4 nitrogen and oxygen atoms in total. The molecule has 0 aliphatic carbocycles. The molecule has 0 aromatic heterocycles. The van der Waals surface area contributed by atoms with E-state index in [4.69, 9.17) is 9.47 Å². The van der Waals surface area contributed by atoms with Crippen LogP contribution in [0, 0.1) is 5.82 Å². The molecule has 2 aliphatic heterocycles. The van der Waals surface area contributed by atoms with Gasteiger partial charge >= 0.3 is 0 Å². The van der Waals surface area contributed by atoms with E-state index in [1.807, 2.05) is 35.2 Å². The van der Waals surface area contributed by atoms with Crippen molar-refractivity contribution in [1.82, 2.24) is 4.90 Å². The lowest BCUT2D eigenvalue weighted by molar-refractivity contribution is -0.125. The molecule has 27 heavy (non-hydrogen) atoms. The Balaban J connectivity index is 1.39. The number of carbonyl (C=O) groups excluding carboxylic acids is 1. The normalized spacial score (nSPS) is 19.3. The number of fused-ring (bicyclic) bond motifs is 1. The van der Waals surface area contributed by atoms with Gasteiger partial charge in [-0.1, -0.05) is 24.3 Å². The highest BCUT2D eigenvalue weighted by Crippen LogP contribution is 2.36. The van der Waals surface area contributed by atoms with Gasteiger partial charge in [0.05, 0.1) is 0 Å². The Morgan fingerprint density at radius 2 is 2.00 bits per heavy atom. The van der Waals surface area contributed by atoms with Crippen molar-refractivity contribution >= 4 is 23.7 Å². The Morgan fingerprint density at radius 3 is 2.89 bits per heavy atom. The van der Waals surface area contributed by atoms with Gasteiger partial charge in [0.25, 0.3) is 0 Å². The van der Waals surface area contributed by atoms with Gasteiger partial charge in [0.1, 0.15) is 5.82 Å². The highest BCUT2D eigenvalue weighted by atomic mass is 32.2. The lowest BCUT2D eigenvalue weighted by atomic mass is 10.1. The van der Waals surface area contributed by atoms with E-state index in [1.54, 1.807) is 30.0 Å². The van der Waals surface area contributed by atoms with Crippen molar-refractivity contribution in [1.29, 1.82) is 0 Å². The average molecular weight is 385 g/mol. The minimum atomic E-state index is -0.169. The number of carbonyl (C=O) groups is 1. The molecular weight excluding hydrogens is 365 g/mol. The van der Waals surface area contributed by atoms with Crippen LogP contribution in [0.4, 0.5) is 4.39 Å². The Hall–Kier alpha value is -2.47. The van der Waals surface area contributed by atoms with Gasteiger partial charge in [-0.2, -0.15) is 11.8 Å². The standard InChI is InChI=1S/C21H20FNO3S/c22-17-4-2-1-3-16(17)20-9-10-23(11-12-27-20)21(24)8-6-15-5-7-18-19(13-15)26-14-25-18/h1-8,13,20H,9-12,14H2/b8-6+. The molecule has 2 heterocycles. The number of benzene rings is 2. The van der Waals surface area contributed by atoms with E-state index in [0.717, 1.165) is 29.1 Å². The van der Waals surface area contributed by atoms with Gasteiger partial charge in [-0.25, -0.2) is 4.39 Å². The van der Waals surface area contributed by atoms with Crippen molar-refractivity contribution in [2.24, 2.45) is 0 Å². The van der Waals surface area contributed by atoms with E-state index in [2.05, 4.69) is 0 Å². The van der Waals surface area contributed by atoms with Crippen molar-refractivity contribution < 1.29 is 18.7 Å². The highest BCUT2D eigenvalue weighted by Gasteiger charge is 2.22. The van der Waals surface area contributed by atoms with Crippen LogP contribution < -0.4 is 9.47 Å². The molecule has 1 amide bonds. The predicted molar refractivity (Wildman–Crippen MR) is 104 cm³/mol. The quantitative estimate of drug-likeness (QED) is 0.740. The third kappa shape index (κ3) is 4.11. The van der Waals surface area contributed by atoms with Gasteiger partial charge in [0, 0.05) is 35.7 Å². The van der Waals surface area contributed by atoms with Gasteiger partial charge in [-0.15, -0.1) is 0 Å². The number of ether oxygens (including phenoxy) is 2. The summed E-state index contributed by atoms with van der Waals surface area (Å²) in [6, 6.07) is 12.5. The molecule has 1 unspecified atom stereocenters. The molecule has 140 valence electrons. The Kier molecular flexibility index (Phi) is 5.34. The van der Waals surface area contributed by atoms with E-state index in [0.29, 0.717) is 18.8 Å². The number of hydrogen-bond acceptors (Lipinski definition) is 4. The van der Waals surface area contributed by atoms with Crippen LogP contribution >= 0.6 is 11.8 Å². The third-order valence-electron chi connectivity index (χ3n) is 4.72. The maximum Gasteiger partial charge on any atom is 0.246 e. The lowest BCUT2D eigenvalue weighted by Crippen LogP contribution is -2.31. The highest BCUT2D eigenvalue weighted by molar-refractivity contribution is 7.99. The fourth-order valence-electron chi connectivity index (χ4n) is 3.26. The second-order valence-corrected chi connectivity index (χ2v) is 7.75. The van der Waals surface area contributed by atoms with E-state index in [1.165, 1.54) is 6.07 Å². The first-order valence-corrected chi connectivity index (χ1v) is 9.98. The molecule has 1 saturated heterocycles. The molecule has 1 atom stereocenters. The predicted octanol–water partition coefficient (Wildman–Crippen LogP) is 4.27. The molecule has 2 aliphatic rings. The summed E-state index contributed by atoms with van der Waals surface area (Å²) in [6.45, 7) is 1.52. The Labute approximate surface area is 162 Å². The van der Waals surface area contributed by atoms with Crippen LogP contribution in [0.5, 0.6) is 11.5 Å². The first-order chi connectivity index (χ1) is 13.2. The third-order valence-corrected chi connectivity index (χ3v) is 6.03. The molecule has 0 spiro atoms. The molecule has 2 aromatic rings. The monoisotopic (exact) mass is 385 g/mol. The van der Waals surface area contributed by atoms with Crippen molar-refractivity contribution in [3.8, 4) is 11.5 Å². The van der Waals surface area contributed by atoms with Crippen molar-refractivity contribution in [2.45, 2.75) is 11.7 Å². The molecule has 2 aromatic carbocycles. The summed E-state index contributed by atoms with van der Waals surface area (Å²) in [5.74, 6) is 2.02. The topological polar surface area (TPSA) is 38.8 Å². The van der Waals surface area contributed by atoms with Gasteiger partial charge in [0.15, 0.2) is 11.5 Å². The number of nitrogens with zero attached hydrogens (tertiary/aromatic N) is 1. The number of thioether (sulfide) groups is 1. The van der Waals surface area contributed by atoms with Gasteiger partial charge in [0.2, 0.25) is 12.7 Å². The molecule has 0 N–H and O–H groups in total. The van der Waals surface area contributed by atoms with Crippen LogP contribution in [0.25, 0.3) is 6.08 Å². The van der Waals surface area contributed by atoms with E-state index in [9.17, 15) is 9.18 Å². The van der Waals surface area contributed by atoms with Crippen LogP contribution in [0.3, 0.4) is 0 Å². The Bertz CT molecular complexity index is 870. The second-order valence-electron chi connectivity index (χ2n) is 6.44. The summed E-state index contributed by atoms with van der Waals surface area (Å²) in [4.78, 5) is 14.4. The Morgan fingerprint density at radius 1 is 1.15 bits per heavy atom. The summed E-state index contributed by atoms with van der Waals surface area (Å²) in [6.07, 6.45) is 4.12. The van der Waals surface area contributed by atoms with Crippen molar-refractivity contribution in [3.63, 3.8) is 0 Å². The molecule has 0 radical (unpaired) electrons. The molecule has 6 heteroatoms. The zero-order valence-electron chi connectivity index (χ0n) is 14.8. The van der Waals surface area contributed by atoms with Gasteiger partial charge in [-0.05, 0) is 36.3 Å². The van der Waals surface area contributed by atoms with E-state index in [-0.39, 0.29) is 23.8 Å². The zero-order valence-corrected chi connectivity index (χ0v) is 15.6. The van der Waals surface area contributed by atoms with Crippen LogP contribution in [0.15, 0.2) is 48.5 Å². The number of halogens is 1. The van der Waals surface area contributed by atoms with E-state index < -0.39 is 0 Å². The van der Waals surface area contributed by atoms with Crippen LogP contribution in [-0.2, 0) is 4.79 Å². The fraction of sp³-hybridized carbons (Fsp3) is 0.286. The molecule has 1 fully saturated rings. The van der Waals surface area contributed by atoms with Crippen LogP contribution in [0.1, 0.15) is 22.8 Å². The number of hydrogen-bond donors (Lipinski definition) is 0. The first kappa shape index (κ1) is 17.9. The van der Waals surface area contributed by atoms with Gasteiger partial charge in [-0.3, -0.25) is 4.79 Å². The molecule has 0 bridgehead atoms. The summed E-state index contributed by atoms with van der Waals surface area (Å²) in [7, 11) is 0. The summed E-state index contributed by atoms with van der Waals surface area (Å²) >= 11 is 1.71. The maximum absolute atomic E-state index is 14.0. The van der Waals surface area contributed by atoms with Crippen LogP contribution in [0.2, 0.25) is 0 Å². The minimum Gasteiger partial charge on any atom is -0.454 e. The average Bonchev–Trinajstić information content (AvgIpc) is 3.01. The number of rotatable bonds is 3. The number of amides is 1. The summed E-state index contributed by atoms with van der Waals surface area (Å²) < 4.78 is 24.7. The largest absolute Gasteiger partial charge is 0.454 e. The second kappa shape index (κ2) is 8.05. The van der Waals surface area contributed by atoms with Crippen molar-refractivity contribution in [2.75, 3.05) is 25.6 Å². The smallest absolute Gasteiger partial charge is 0.246 e. The lowest BCUT2D eigenvalue weighted by Gasteiger charge is -2.18. The minimum absolute atomic E-state index is 0.0255. The molecule has 0 saturated carbocycles. The summed E-state index contributed by atoms with van der Waals surface area (Å²) in [5.41, 5.74) is 1.62. The van der Waals surface area contributed by atoms with Gasteiger partial charge < -0.3 is 14.4 Å². The first-order valence-electron chi connectivity index (χ1n) is 8.93. The molecular formula is C21H20FNO3S. The maximum atomic E-state index is 14.0. The molecule has 4 rings (SSSR count). The zero-order chi connectivity index (χ0) is 18.6.